The van der Waals surface area contributed by atoms with E-state index in [0.29, 0.717) is 19.0 Å². The molecule has 0 aliphatic rings. The lowest BCUT2D eigenvalue weighted by molar-refractivity contribution is -0.139. The monoisotopic (exact) mass is 281 g/mol. The Bertz CT molecular complexity index is 188. The fourth-order valence-electron chi connectivity index (χ4n) is 1.22. The van der Waals surface area contributed by atoms with E-state index in [9.17, 15) is 9.90 Å². The van der Waals surface area contributed by atoms with Gasteiger partial charge in [-0.25, -0.2) is 0 Å². The number of hydrogen-bond donors (Lipinski definition) is 2. The lowest BCUT2D eigenvalue weighted by Gasteiger charge is -2.15. The Hall–Kier alpha value is -0.130. The molecule has 15 heavy (non-hydrogen) atoms. The van der Waals surface area contributed by atoms with Gasteiger partial charge in [0.05, 0.1) is 13.2 Å². The molecule has 0 heterocycles. The first-order valence-corrected chi connectivity index (χ1v) is 5.99. The SMILES string of the molecule is COC(=O)C(Br)CNCC(O)CC(C)C. The molecule has 90 valence electrons. The minimum absolute atomic E-state index is 0.305. The van der Waals surface area contributed by atoms with Crippen LogP contribution in [0.1, 0.15) is 20.3 Å². The summed E-state index contributed by atoms with van der Waals surface area (Å²) < 4.78 is 4.55. The number of aliphatic hydroxyl groups excluding tert-OH is 1. The molecule has 0 aromatic heterocycles. The van der Waals surface area contributed by atoms with Crippen LogP contribution in [0.4, 0.5) is 0 Å². The number of esters is 1. The molecule has 0 fully saturated rings. The molecule has 4 nitrogen and oxygen atoms in total. The molecule has 0 saturated heterocycles. The molecule has 2 unspecified atom stereocenters. The third-order valence-corrected chi connectivity index (χ3v) is 2.60. The zero-order valence-corrected chi connectivity index (χ0v) is 11.1. The summed E-state index contributed by atoms with van der Waals surface area (Å²) in [6, 6.07) is 0. The van der Waals surface area contributed by atoms with Crippen LogP contribution in [0.5, 0.6) is 0 Å². The lowest BCUT2D eigenvalue weighted by atomic mass is 10.1. The normalized spacial score (nSPS) is 15.1. The maximum Gasteiger partial charge on any atom is 0.320 e. The summed E-state index contributed by atoms with van der Waals surface area (Å²) in [6.45, 7) is 5.08. The van der Waals surface area contributed by atoms with Gasteiger partial charge in [0.15, 0.2) is 0 Å². The highest BCUT2D eigenvalue weighted by molar-refractivity contribution is 9.10. The van der Waals surface area contributed by atoms with Crippen LogP contribution in [-0.4, -0.2) is 42.2 Å². The second kappa shape index (κ2) is 8.07. The van der Waals surface area contributed by atoms with Crippen LogP contribution in [-0.2, 0) is 9.53 Å². The van der Waals surface area contributed by atoms with Gasteiger partial charge in [-0.3, -0.25) is 4.79 Å². The molecule has 0 saturated carbocycles. The van der Waals surface area contributed by atoms with E-state index in [4.69, 9.17) is 0 Å². The first-order valence-electron chi connectivity index (χ1n) is 5.08. The Balaban J connectivity index is 3.56. The standard InChI is InChI=1S/C10H20BrNO3/c1-7(2)4-8(13)5-12-6-9(11)10(14)15-3/h7-9,12-13H,4-6H2,1-3H3. The summed E-state index contributed by atoms with van der Waals surface area (Å²) in [6.07, 6.45) is 0.403. The van der Waals surface area contributed by atoms with Gasteiger partial charge in [0, 0.05) is 13.1 Å². The van der Waals surface area contributed by atoms with Gasteiger partial charge in [-0.15, -0.1) is 0 Å². The van der Waals surface area contributed by atoms with Crippen LogP contribution in [0.15, 0.2) is 0 Å². The molecule has 5 heteroatoms. The number of nitrogens with one attached hydrogen (secondary N) is 1. The van der Waals surface area contributed by atoms with Crippen molar-refractivity contribution >= 4 is 21.9 Å². The van der Waals surface area contributed by atoms with Gasteiger partial charge >= 0.3 is 5.97 Å². The topological polar surface area (TPSA) is 58.6 Å². The van der Waals surface area contributed by atoms with Gasteiger partial charge in [-0.05, 0) is 12.3 Å². The van der Waals surface area contributed by atoms with Crippen molar-refractivity contribution in [1.82, 2.24) is 5.32 Å². The van der Waals surface area contributed by atoms with E-state index in [-0.39, 0.29) is 16.9 Å². The fourth-order valence-corrected chi connectivity index (χ4v) is 1.63. The van der Waals surface area contributed by atoms with Crippen molar-refractivity contribution in [2.24, 2.45) is 5.92 Å². The molecular formula is C10H20BrNO3. The Kier molecular flexibility index (Phi) is 8.00. The molecule has 0 aliphatic carbocycles. The second-order valence-corrected chi connectivity index (χ2v) is 5.04. The maximum atomic E-state index is 11.0. The number of carbonyl (C=O) groups excluding carboxylic acids is 1. The van der Waals surface area contributed by atoms with Gasteiger partial charge in [0.25, 0.3) is 0 Å². The van der Waals surface area contributed by atoms with Gasteiger partial charge in [0.2, 0.25) is 0 Å². The summed E-state index contributed by atoms with van der Waals surface area (Å²) >= 11 is 3.19. The Morgan fingerprint density at radius 2 is 2.07 bits per heavy atom. The van der Waals surface area contributed by atoms with Crippen molar-refractivity contribution in [1.29, 1.82) is 0 Å². The number of aliphatic hydroxyl groups is 1. The van der Waals surface area contributed by atoms with Crippen molar-refractivity contribution < 1.29 is 14.6 Å². The van der Waals surface area contributed by atoms with E-state index < -0.39 is 0 Å². The van der Waals surface area contributed by atoms with Gasteiger partial charge in [-0.1, -0.05) is 29.8 Å². The number of halogens is 1. The molecule has 0 rings (SSSR count). The predicted octanol–water partition coefficient (Wildman–Crippen LogP) is 0.919. The number of carbonyl (C=O) groups is 1. The molecule has 0 aromatic rings. The van der Waals surface area contributed by atoms with Crippen LogP contribution >= 0.6 is 15.9 Å². The van der Waals surface area contributed by atoms with E-state index in [1.165, 1.54) is 7.11 Å². The zero-order chi connectivity index (χ0) is 11.8. The number of rotatable bonds is 7. The van der Waals surface area contributed by atoms with Gasteiger partial charge < -0.3 is 15.2 Å². The Labute approximate surface area is 99.5 Å². The van der Waals surface area contributed by atoms with E-state index >= 15 is 0 Å². The van der Waals surface area contributed by atoms with Crippen LogP contribution in [0.3, 0.4) is 0 Å². The molecule has 0 radical (unpaired) electrons. The molecule has 0 aliphatic heterocycles. The molecule has 0 spiro atoms. The van der Waals surface area contributed by atoms with E-state index in [1.54, 1.807) is 0 Å². The quantitative estimate of drug-likeness (QED) is 0.538. The highest BCUT2D eigenvalue weighted by atomic mass is 79.9. The van der Waals surface area contributed by atoms with Crippen molar-refractivity contribution in [3.05, 3.63) is 0 Å². The number of methoxy groups -OCH3 is 1. The van der Waals surface area contributed by atoms with Gasteiger partial charge in [0.1, 0.15) is 4.83 Å². The van der Waals surface area contributed by atoms with Crippen molar-refractivity contribution in [3.63, 3.8) is 0 Å². The van der Waals surface area contributed by atoms with Crippen LogP contribution in [0.25, 0.3) is 0 Å². The average molecular weight is 282 g/mol. The molecule has 0 aromatic carbocycles. The van der Waals surface area contributed by atoms with E-state index in [0.717, 1.165) is 6.42 Å². The third-order valence-electron chi connectivity index (χ3n) is 1.90. The number of alkyl halides is 1. The maximum absolute atomic E-state index is 11.0. The average Bonchev–Trinajstić information content (AvgIpc) is 2.15. The smallest absolute Gasteiger partial charge is 0.320 e. The van der Waals surface area contributed by atoms with Crippen molar-refractivity contribution in [2.75, 3.05) is 20.2 Å². The van der Waals surface area contributed by atoms with Gasteiger partial charge in [-0.2, -0.15) is 0 Å². The first kappa shape index (κ1) is 14.9. The molecule has 2 N–H and O–H groups in total. The predicted molar refractivity (Wildman–Crippen MR) is 63.1 cm³/mol. The van der Waals surface area contributed by atoms with Crippen LogP contribution in [0.2, 0.25) is 0 Å². The van der Waals surface area contributed by atoms with E-state index in [1.807, 2.05) is 0 Å². The Morgan fingerprint density at radius 1 is 1.47 bits per heavy atom. The highest BCUT2D eigenvalue weighted by Gasteiger charge is 2.15. The molecule has 0 amide bonds. The van der Waals surface area contributed by atoms with Crippen molar-refractivity contribution in [3.8, 4) is 0 Å². The zero-order valence-electron chi connectivity index (χ0n) is 9.50. The summed E-state index contributed by atoms with van der Waals surface area (Å²) in [5.74, 6) is 0.169. The Morgan fingerprint density at radius 3 is 2.53 bits per heavy atom. The van der Waals surface area contributed by atoms with Crippen LogP contribution < -0.4 is 5.32 Å². The fraction of sp³-hybridized carbons (Fsp3) is 0.900. The van der Waals surface area contributed by atoms with Crippen LogP contribution in [0, 0.1) is 5.92 Å². The summed E-state index contributed by atoms with van der Waals surface area (Å²) in [5.41, 5.74) is 0. The largest absolute Gasteiger partial charge is 0.468 e. The van der Waals surface area contributed by atoms with Crippen molar-refractivity contribution in [2.45, 2.75) is 31.2 Å². The van der Waals surface area contributed by atoms with E-state index in [2.05, 4.69) is 39.8 Å². The third kappa shape index (κ3) is 7.76. The lowest BCUT2D eigenvalue weighted by Crippen LogP contribution is -2.35. The summed E-state index contributed by atoms with van der Waals surface area (Å²) in [7, 11) is 1.35. The highest BCUT2D eigenvalue weighted by Crippen LogP contribution is 2.04. The summed E-state index contributed by atoms with van der Waals surface area (Å²) in [5, 5.41) is 12.5. The number of ether oxygens (including phenoxy) is 1. The minimum atomic E-state index is -0.359. The molecular weight excluding hydrogens is 262 g/mol. The molecule has 2 atom stereocenters. The molecule has 0 bridgehead atoms. The minimum Gasteiger partial charge on any atom is -0.468 e. The second-order valence-electron chi connectivity index (χ2n) is 3.93. The first-order chi connectivity index (χ1) is 6.97. The summed E-state index contributed by atoms with van der Waals surface area (Å²) in [4.78, 5) is 10.6. The number of hydrogen-bond acceptors (Lipinski definition) is 4.